The Kier molecular flexibility index (Phi) is 5.05. The molecule has 2 aromatic heterocycles. The highest BCUT2D eigenvalue weighted by molar-refractivity contribution is 5.89. The van der Waals surface area contributed by atoms with Crippen molar-refractivity contribution in [3.63, 3.8) is 0 Å². The SMILES string of the molecule is CN(C)Cc1cc(NC(=O)N[C@H]2CCCc3cccnc32)ccn1. The first-order valence-corrected chi connectivity index (χ1v) is 8.23. The van der Waals surface area contributed by atoms with Crippen LogP contribution in [0, 0.1) is 0 Å². The van der Waals surface area contributed by atoms with E-state index in [4.69, 9.17) is 0 Å². The van der Waals surface area contributed by atoms with Gasteiger partial charge in [-0.05, 0) is 57.1 Å². The predicted octanol–water partition coefficient (Wildman–Crippen LogP) is 2.74. The van der Waals surface area contributed by atoms with Gasteiger partial charge in [-0.15, -0.1) is 0 Å². The van der Waals surface area contributed by atoms with Gasteiger partial charge in [-0.1, -0.05) is 6.07 Å². The third-order valence-corrected chi connectivity index (χ3v) is 4.05. The minimum absolute atomic E-state index is 0.0296. The van der Waals surface area contributed by atoms with Crippen molar-refractivity contribution in [3.05, 3.63) is 53.6 Å². The summed E-state index contributed by atoms with van der Waals surface area (Å²) in [6.45, 7) is 0.733. The van der Waals surface area contributed by atoms with Crippen LogP contribution in [0.3, 0.4) is 0 Å². The van der Waals surface area contributed by atoms with E-state index in [1.54, 1.807) is 18.5 Å². The van der Waals surface area contributed by atoms with Crippen LogP contribution in [0.2, 0.25) is 0 Å². The van der Waals surface area contributed by atoms with Gasteiger partial charge in [0.15, 0.2) is 0 Å². The number of nitrogens with one attached hydrogen (secondary N) is 2. The van der Waals surface area contributed by atoms with E-state index in [-0.39, 0.29) is 12.1 Å². The predicted molar refractivity (Wildman–Crippen MR) is 93.7 cm³/mol. The number of urea groups is 1. The molecule has 1 atom stereocenters. The quantitative estimate of drug-likeness (QED) is 0.907. The molecule has 0 saturated carbocycles. The summed E-state index contributed by atoms with van der Waals surface area (Å²) in [5, 5.41) is 5.94. The molecule has 0 radical (unpaired) electrons. The summed E-state index contributed by atoms with van der Waals surface area (Å²) in [6.07, 6.45) is 6.51. The maximum absolute atomic E-state index is 12.3. The van der Waals surface area contributed by atoms with Crippen molar-refractivity contribution in [2.75, 3.05) is 19.4 Å². The second-order valence-electron chi connectivity index (χ2n) is 6.36. The fourth-order valence-corrected chi connectivity index (χ4v) is 3.04. The molecular weight excluding hydrogens is 302 g/mol. The Morgan fingerprint density at radius 2 is 2.17 bits per heavy atom. The van der Waals surface area contributed by atoms with Gasteiger partial charge in [0.25, 0.3) is 0 Å². The van der Waals surface area contributed by atoms with Crippen LogP contribution in [0.4, 0.5) is 10.5 Å². The first-order chi connectivity index (χ1) is 11.6. The number of nitrogens with zero attached hydrogens (tertiary/aromatic N) is 3. The van der Waals surface area contributed by atoms with Gasteiger partial charge in [0.05, 0.1) is 17.4 Å². The van der Waals surface area contributed by atoms with Gasteiger partial charge in [0.2, 0.25) is 0 Å². The fraction of sp³-hybridized carbons (Fsp3) is 0.389. The van der Waals surface area contributed by atoms with Gasteiger partial charge in [-0.2, -0.15) is 0 Å². The zero-order valence-electron chi connectivity index (χ0n) is 14.1. The summed E-state index contributed by atoms with van der Waals surface area (Å²) in [7, 11) is 3.98. The molecular formula is C18H23N5O. The molecule has 2 N–H and O–H groups in total. The van der Waals surface area contributed by atoms with Crippen LogP contribution in [-0.4, -0.2) is 35.0 Å². The number of anilines is 1. The average Bonchev–Trinajstić information content (AvgIpc) is 2.55. The van der Waals surface area contributed by atoms with Crippen LogP contribution in [0.15, 0.2) is 36.7 Å². The summed E-state index contributed by atoms with van der Waals surface area (Å²) in [4.78, 5) is 23.1. The van der Waals surface area contributed by atoms with Crippen LogP contribution in [-0.2, 0) is 13.0 Å². The minimum atomic E-state index is -0.208. The lowest BCUT2D eigenvalue weighted by atomic mass is 9.92. The highest BCUT2D eigenvalue weighted by Crippen LogP contribution is 2.27. The Balaban J connectivity index is 1.64. The van der Waals surface area contributed by atoms with E-state index >= 15 is 0 Å². The molecule has 0 aliphatic heterocycles. The Labute approximate surface area is 142 Å². The van der Waals surface area contributed by atoms with Crippen molar-refractivity contribution in [3.8, 4) is 0 Å². The number of amides is 2. The zero-order valence-corrected chi connectivity index (χ0v) is 14.1. The van der Waals surface area contributed by atoms with Crippen molar-refractivity contribution in [2.45, 2.75) is 31.8 Å². The number of aromatic nitrogens is 2. The van der Waals surface area contributed by atoms with E-state index in [0.29, 0.717) is 0 Å². The third-order valence-electron chi connectivity index (χ3n) is 4.05. The molecule has 2 aromatic rings. The van der Waals surface area contributed by atoms with Crippen LogP contribution in [0.1, 0.15) is 35.8 Å². The molecule has 0 unspecified atom stereocenters. The molecule has 2 amide bonds. The van der Waals surface area contributed by atoms with Crippen molar-refractivity contribution < 1.29 is 4.79 Å². The number of hydrogen-bond acceptors (Lipinski definition) is 4. The van der Waals surface area contributed by atoms with E-state index < -0.39 is 0 Å². The topological polar surface area (TPSA) is 70.2 Å². The number of aryl methyl sites for hydroxylation is 1. The van der Waals surface area contributed by atoms with Crippen LogP contribution in [0.25, 0.3) is 0 Å². The van der Waals surface area contributed by atoms with E-state index in [0.717, 1.165) is 42.9 Å². The number of hydrogen-bond donors (Lipinski definition) is 2. The maximum Gasteiger partial charge on any atom is 0.319 e. The summed E-state index contributed by atoms with van der Waals surface area (Å²) in [5.41, 5.74) is 3.88. The normalized spacial score (nSPS) is 16.5. The van der Waals surface area contributed by atoms with Gasteiger partial charge >= 0.3 is 6.03 Å². The van der Waals surface area contributed by atoms with Crippen LogP contribution >= 0.6 is 0 Å². The van der Waals surface area contributed by atoms with Gasteiger partial charge in [0, 0.05) is 24.6 Å². The smallest absolute Gasteiger partial charge is 0.319 e. The molecule has 0 aromatic carbocycles. The van der Waals surface area contributed by atoms with Crippen molar-refractivity contribution in [2.24, 2.45) is 0 Å². The fourth-order valence-electron chi connectivity index (χ4n) is 3.04. The third kappa shape index (κ3) is 4.08. The van der Waals surface area contributed by atoms with E-state index in [1.807, 2.05) is 31.1 Å². The first-order valence-electron chi connectivity index (χ1n) is 8.23. The molecule has 0 fully saturated rings. The Hall–Kier alpha value is -2.47. The molecule has 126 valence electrons. The molecule has 1 aliphatic carbocycles. The maximum atomic E-state index is 12.3. The summed E-state index contributed by atoms with van der Waals surface area (Å²) < 4.78 is 0. The average molecular weight is 325 g/mol. The molecule has 1 aliphatic rings. The van der Waals surface area contributed by atoms with Crippen LogP contribution < -0.4 is 10.6 Å². The highest BCUT2D eigenvalue weighted by Gasteiger charge is 2.22. The van der Waals surface area contributed by atoms with Crippen molar-refractivity contribution in [1.29, 1.82) is 0 Å². The molecule has 24 heavy (non-hydrogen) atoms. The first kappa shape index (κ1) is 16.4. The van der Waals surface area contributed by atoms with Gasteiger partial charge in [-0.3, -0.25) is 9.97 Å². The number of carbonyl (C=O) groups excluding carboxylic acids is 1. The summed E-state index contributed by atoms with van der Waals surface area (Å²) >= 11 is 0. The highest BCUT2D eigenvalue weighted by atomic mass is 16.2. The van der Waals surface area contributed by atoms with E-state index in [9.17, 15) is 4.79 Å². The number of fused-ring (bicyclic) bond motifs is 1. The summed E-state index contributed by atoms with van der Waals surface area (Å²) in [6, 6.07) is 7.49. The standard InChI is InChI=1S/C18H23N5O/c1-23(2)12-15-11-14(8-10-19-15)21-18(24)22-16-7-3-5-13-6-4-9-20-17(13)16/h4,6,8-11,16H,3,5,7,12H2,1-2H3,(H2,19,21,22,24)/t16-/m0/s1. The molecule has 6 nitrogen and oxygen atoms in total. The van der Waals surface area contributed by atoms with E-state index in [2.05, 4.69) is 26.7 Å². The van der Waals surface area contributed by atoms with Gasteiger partial charge in [-0.25, -0.2) is 4.79 Å². The molecule has 0 spiro atoms. The molecule has 0 bridgehead atoms. The molecule has 6 heteroatoms. The van der Waals surface area contributed by atoms with Gasteiger partial charge in [0.1, 0.15) is 0 Å². The Morgan fingerprint density at radius 1 is 1.29 bits per heavy atom. The number of carbonyl (C=O) groups is 1. The monoisotopic (exact) mass is 325 g/mol. The lowest BCUT2D eigenvalue weighted by Gasteiger charge is -2.25. The van der Waals surface area contributed by atoms with E-state index in [1.165, 1.54) is 5.56 Å². The second-order valence-corrected chi connectivity index (χ2v) is 6.36. The zero-order chi connectivity index (χ0) is 16.9. The van der Waals surface area contributed by atoms with Crippen molar-refractivity contribution >= 4 is 11.7 Å². The molecule has 3 rings (SSSR count). The second kappa shape index (κ2) is 7.40. The Morgan fingerprint density at radius 3 is 3.00 bits per heavy atom. The summed E-state index contributed by atoms with van der Waals surface area (Å²) in [5.74, 6) is 0. The van der Waals surface area contributed by atoms with Gasteiger partial charge < -0.3 is 15.5 Å². The molecule has 2 heterocycles. The number of pyridine rings is 2. The lowest BCUT2D eigenvalue weighted by molar-refractivity contribution is 0.246. The van der Waals surface area contributed by atoms with Crippen LogP contribution in [0.5, 0.6) is 0 Å². The minimum Gasteiger partial charge on any atom is -0.329 e. The Bertz CT molecular complexity index is 716. The number of rotatable bonds is 4. The largest absolute Gasteiger partial charge is 0.329 e. The lowest BCUT2D eigenvalue weighted by Crippen LogP contribution is -2.35. The molecule has 0 saturated heterocycles. The van der Waals surface area contributed by atoms with Crippen molar-refractivity contribution in [1.82, 2.24) is 20.2 Å².